The summed E-state index contributed by atoms with van der Waals surface area (Å²) < 4.78 is 0. The quantitative estimate of drug-likeness (QED) is 0.896. The molecule has 2 heterocycles. The fourth-order valence-corrected chi connectivity index (χ4v) is 2.69. The average Bonchev–Trinajstić information content (AvgIpc) is 2.92. The highest BCUT2D eigenvalue weighted by atomic mass is 15.2. The zero-order valence-corrected chi connectivity index (χ0v) is 10.6. The van der Waals surface area contributed by atoms with Crippen molar-refractivity contribution in [3.8, 4) is 0 Å². The number of nitrogens with two attached hydrogens (primary N) is 1. The van der Waals surface area contributed by atoms with Gasteiger partial charge in [0, 0.05) is 18.5 Å². The van der Waals surface area contributed by atoms with Gasteiger partial charge in [-0.3, -0.25) is 0 Å². The van der Waals surface area contributed by atoms with Crippen LogP contribution in [0.4, 0.5) is 5.82 Å². The molecule has 1 aromatic heterocycles. The fourth-order valence-electron chi connectivity index (χ4n) is 2.69. The Kier molecular flexibility index (Phi) is 3.15. The Bertz CT molecular complexity index is 544. The smallest absolute Gasteiger partial charge is 0.132 e. The Balaban J connectivity index is 2.10. The summed E-state index contributed by atoms with van der Waals surface area (Å²) >= 11 is 0. The van der Waals surface area contributed by atoms with E-state index in [1.54, 1.807) is 0 Å². The van der Waals surface area contributed by atoms with Gasteiger partial charge in [-0.25, -0.2) is 4.98 Å². The van der Waals surface area contributed by atoms with Crippen molar-refractivity contribution in [1.29, 1.82) is 0 Å². The molecule has 0 radical (unpaired) electrons. The molecule has 18 heavy (non-hydrogen) atoms. The maximum absolute atomic E-state index is 5.73. The summed E-state index contributed by atoms with van der Waals surface area (Å²) in [5.74, 6) is 1.15. The second kappa shape index (κ2) is 4.94. The van der Waals surface area contributed by atoms with Crippen molar-refractivity contribution in [2.45, 2.75) is 19.3 Å². The van der Waals surface area contributed by atoms with Gasteiger partial charge in [0.05, 0.1) is 5.52 Å². The van der Waals surface area contributed by atoms with Gasteiger partial charge in [0.2, 0.25) is 0 Å². The minimum atomic E-state index is 0.681. The predicted octanol–water partition coefficient (Wildman–Crippen LogP) is 2.34. The normalized spacial score (nSPS) is 15.5. The van der Waals surface area contributed by atoms with Gasteiger partial charge in [0.1, 0.15) is 5.82 Å². The largest absolute Gasteiger partial charge is 0.356 e. The molecule has 2 aromatic rings. The summed E-state index contributed by atoms with van der Waals surface area (Å²) in [5, 5.41) is 1.21. The van der Waals surface area contributed by atoms with E-state index in [0.29, 0.717) is 6.54 Å². The minimum Gasteiger partial charge on any atom is -0.356 e. The maximum atomic E-state index is 5.73. The van der Waals surface area contributed by atoms with Crippen molar-refractivity contribution < 1.29 is 0 Å². The number of hydrogen-bond donors (Lipinski definition) is 1. The Morgan fingerprint density at radius 3 is 2.72 bits per heavy atom. The summed E-state index contributed by atoms with van der Waals surface area (Å²) in [6.07, 6.45) is 3.46. The molecule has 1 saturated heterocycles. The number of fused-ring (bicyclic) bond motifs is 1. The molecule has 3 nitrogen and oxygen atoms in total. The van der Waals surface area contributed by atoms with Crippen LogP contribution in [0.25, 0.3) is 10.9 Å². The van der Waals surface area contributed by atoms with Crippen LogP contribution in [-0.2, 0) is 6.42 Å². The standard InChI is InChI=1S/C15H19N3/c16-8-7-13-11-12-5-1-2-6-14(12)17-15(13)18-9-3-4-10-18/h1-2,5-6,11H,3-4,7-10,16H2. The molecule has 1 aliphatic heterocycles. The van der Waals surface area contributed by atoms with Gasteiger partial charge in [0.15, 0.2) is 0 Å². The summed E-state index contributed by atoms with van der Waals surface area (Å²) in [6.45, 7) is 2.94. The molecule has 0 bridgehead atoms. The molecule has 0 aliphatic carbocycles. The monoisotopic (exact) mass is 241 g/mol. The number of pyridine rings is 1. The SMILES string of the molecule is NCCc1cc2ccccc2nc1N1CCCC1. The molecule has 1 fully saturated rings. The summed E-state index contributed by atoms with van der Waals surface area (Å²) in [4.78, 5) is 7.25. The molecule has 0 spiro atoms. The summed E-state index contributed by atoms with van der Waals surface area (Å²) in [7, 11) is 0. The van der Waals surface area contributed by atoms with E-state index in [-0.39, 0.29) is 0 Å². The first kappa shape index (κ1) is 11.5. The van der Waals surface area contributed by atoms with Gasteiger partial charge < -0.3 is 10.6 Å². The van der Waals surface area contributed by atoms with Gasteiger partial charge >= 0.3 is 0 Å². The molecule has 0 atom stereocenters. The second-order valence-electron chi connectivity index (χ2n) is 4.90. The van der Waals surface area contributed by atoms with Crippen molar-refractivity contribution in [2.24, 2.45) is 5.73 Å². The zero-order valence-electron chi connectivity index (χ0n) is 10.6. The predicted molar refractivity (Wildman–Crippen MR) is 75.9 cm³/mol. The number of para-hydroxylation sites is 1. The Labute approximate surface area is 108 Å². The lowest BCUT2D eigenvalue weighted by Crippen LogP contribution is -2.21. The Morgan fingerprint density at radius 1 is 1.17 bits per heavy atom. The highest BCUT2D eigenvalue weighted by molar-refractivity contribution is 5.81. The van der Waals surface area contributed by atoms with Gasteiger partial charge in [-0.15, -0.1) is 0 Å². The van der Waals surface area contributed by atoms with Crippen molar-refractivity contribution >= 4 is 16.7 Å². The second-order valence-corrected chi connectivity index (χ2v) is 4.90. The lowest BCUT2D eigenvalue weighted by atomic mass is 10.1. The highest BCUT2D eigenvalue weighted by Gasteiger charge is 2.17. The molecule has 2 N–H and O–H groups in total. The van der Waals surface area contributed by atoms with E-state index in [1.165, 1.54) is 23.8 Å². The molecule has 3 rings (SSSR count). The topological polar surface area (TPSA) is 42.1 Å². The summed E-state index contributed by atoms with van der Waals surface area (Å²) in [5.41, 5.74) is 8.10. The van der Waals surface area contributed by atoms with E-state index >= 15 is 0 Å². The first-order valence-corrected chi connectivity index (χ1v) is 6.72. The zero-order chi connectivity index (χ0) is 12.4. The average molecular weight is 241 g/mol. The van der Waals surface area contributed by atoms with Crippen LogP contribution in [0.2, 0.25) is 0 Å². The number of benzene rings is 1. The highest BCUT2D eigenvalue weighted by Crippen LogP contribution is 2.26. The van der Waals surface area contributed by atoms with E-state index in [0.717, 1.165) is 30.8 Å². The van der Waals surface area contributed by atoms with Crippen molar-refractivity contribution in [2.75, 3.05) is 24.5 Å². The number of hydrogen-bond acceptors (Lipinski definition) is 3. The van der Waals surface area contributed by atoms with E-state index in [1.807, 2.05) is 6.07 Å². The van der Waals surface area contributed by atoms with Gasteiger partial charge in [-0.2, -0.15) is 0 Å². The van der Waals surface area contributed by atoms with E-state index in [9.17, 15) is 0 Å². The molecule has 3 heteroatoms. The summed E-state index contributed by atoms with van der Waals surface area (Å²) in [6, 6.07) is 10.6. The molecule has 94 valence electrons. The Hall–Kier alpha value is -1.61. The van der Waals surface area contributed by atoms with Crippen LogP contribution in [0.1, 0.15) is 18.4 Å². The number of anilines is 1. The van der Waals surface area contributed by atoms with Gasteiger partial charge in [0.25, 0.3) is 0 Å². The van der Waals surface area contributed by atoms with Gasteiger partial charge in [-0.05, 0) is 43.5 Å². The molecule has 0 saturated carbocycles. The molecule has 0 amide bonds. The van der Waals surface area contributed by atoms with Crippen molar-refractivity contribution in [3.05, 3.63) is 35.9 Å². The first-order valence-electron chi connectivity index (χ1n) is 6.72. The lowest BCUT2D eigenvalue weighted by Gasteiger charge is -2.20. The van der Waals surface area contributed by atoms with Crippen LogP contribution in [0.3, 0.4) is 0 Å². The van der Waals surface area contributed by atoms with Crippen LogP contribution in [0.15, 0.2) is 30.3 Å². The van der Waals surface area contributed by atoms with Crippen LogP contribution in [0.5, 0.6) is 0 Å². The number of rotatable bonds is 3. The Morgan fingerprint density at radius 2 is 1.94 bits per heavy atom. The molecule has 0 unspecified atom stereocenters. The number of nitrogens with zero attached hydrogens (tertiary/aromatic N) is 2. The van der Waals surface area contributed by atoms with Crippen molar-refractivity contribution in [1.82, 2.24) is 4.98 Å². The third-order valence-corrected chi connectivity index (χ3v) is 3.60. The van der Waals surface area contributed by atoms with Crippen LogP contribution in [-0.4, -0.2) is 24.6 Å². The van der Waals surface area contributed by atoms with E-state index in [4.69, 9.17) is 10.7 Å². The van der Waals surface area contributed by atoms with E-state index < -0.39 is 0 Å². The van der Waals surface area contributed by atoms with Crippen molar-refractivity contribution in [3.63, 3.8) is 0 Å². The van der Waals surface area contributed by atoms with Gasteiger partial charge in [-0.1, -0.05) is 18.2 Å². The van der Waals surface area contributed by atoms with Crippen LogP contribution >= 0.6 is 0 Å². The minimum absolute atomic E-state index is 0.681. The molecular formula is C15H19N3. The van der Waals surface area contributed by atoms with E-state index in [2.05, 4.69) is 29.2 Å². The lowest BCUT2D eigenvalue weighted by molar-refractivity contribution is 0.897. The molecule has 1 aromatic carbocycles. The molecule has 1 aliphatic rings. The third kappa shape index (κ3) is 2.06. The number of aromatic nitrogens is 1. The van der Waals surface area contributed by atoms with Crippen LogP contribution in [0, 0.1) is 0 Å². The maximum Gasteiger partial charge on any atom is 0.132 e. The van der Waals surface area contributed by atoms with Crippen LogP contribution < -0.4 is 10.6 Å². The third-order valence-electron chi connectivity index (χ3n) is 3.60. The molecular weight excluding hydrogens is 222 g/mol. The first-order chi connectivity index (χ1) is 8.88. The fraction of sp³-hybridized carbons (Fsp3) is 0.400.